The molecule has 1 heterocycles. The lowest BCUT2D eigenvalue weighted by atomic mass is 10.1. The molecule has 0 N–H and O–H groups in total. The molecule has 0 amide bonds. The number of hydrogen-bond donors (Lipinski definition) is 0. The highest BCUT2D eigenvalue weighted by Gasteiger charge is 2.14. The molecule has 0 saturated heterocycles. The summed E-state index contributed by atoms with van der Waals surface area (Å²) in [5.74, 6) is 0.547. The van der Waals surface area contributed by atoms with Crippen LogP contribution in [0.1, 0.15) is 12.5 Å². The Balaban J connectivity index is 2.67. The molecular formula is C14H14O6. The first-order valence-electron chi connectivity index (χ1n) is 5.87. The molecule has 0 aliphatic heterocycles. The standard InChI is InChI=1S/C14H14O6/c1-8(15)19-7-9-4-13(16)20-12-6-10(17-2)5-11(18-3)14(9)12/h4-6H,7H2,1-3H3. The Morgan fingerprint density at radius 1 is 1.20 bits per heavy atom. The van der Waals surface area contributed by atoms with E-state index in [0.717, 1.165) is 0 Å². The Bertz CT molecular complexity index is 701. The van der Waals surface area contributed by atoms with Crippen molar-refractivity contribution >= 4 is 16.9 Å². The smallest absolute Gasteiger partial charge is 0.336 e. The topological polar surface area (TPSA) is 75.0 Å². The highest BCUT2D eigenvalue weighted by molar-refractivity contribution is 5.88. The number of hydrogen-bond acceptors (Lipinski definition) is 6. The van der Waals surface area contributed by atoms with Crippen LogP contribution in [0.5, 0.6) is 11.5 Å². The number of carbonyl (C=O) groups is 1. The first-order chi connectivity index (χ1) is 9.55. The molecule has 2 rings (SSSR count). The van der Waals surface area contributed by atoms with Crippen molar-refractivity contribution in [3.8, 4) is 11.5 Å². The minimum atomic E-state index is -0.532. The average Bonchev–Trinajstić information content (AvgIpc) is 2.42. The van der Waals surface area contributed by atoms with Gasteiger partial charge in [0.1, 0.15) is 23.7 Å². The molecule has 2 aromatic rings. The second-order valence-corrected chi connectivity index (χ2v) is 4.07. The molecule has 0 aliphatic carbocycles. The number of fused-ring (bicyclic) bond motifs is 1. The van der Waals surface area contributed by atoms with Crippen LogP contribution >= 0.6 is 0 Å². The fourth-order valence-corrected chi connectivity index (χ4v) is 1.89. The van der Waals surface area contributed by atoms with Gasteiger partial charge in [-0.3, -0.25) is 4.79 Å². The quantitative estimate of drug-likeness (QED) is 0.628. The summed E-state index contributed by atoms with van der Waals surface area (Å²) >= 11 is 0. The summed E-state index contributed by atoms with van der Waals surface area (Å²) in [5.41, 5.74) is 0.303. The molecule has 0 bridgehead atoms. The van der Waals surface area contributed by atoms with Crippen LogP contribution in [0.3, 0.4) is 0 Å². The molecule has 0 unspecified atom stereocenters. The zero-order chi connectivity index (χ0) is 14.7. The first-order valence-corrected chi connectivity index (χ1v) is 5.87. The Morgan fingerprint density at radius 3 is 2.55 bits per heavy atom. The zero-order valence-electron chi connectivity index (χ0n) is 11.4. The Hall–Kier alpha value is -2.50. The monoisotopic (exact) mass is 278 g/mol. The van der Waals surface area contributed by atoms with Crippen LogP contribution in [-0.4, -0.2) is 20.2 Å². The van der Waals surface area contributed by atoms with E-state index in [-0.39, 0.29) is 6.61 Å². The molecule has 6 nitrogen and oxygen atoms in total. The van der Waals surface area contributed by atoms with Crippen LogP contribution in [0.25, 0.3) is 11.0 Å². The minimum Gasteiger partial charge on any atom is -0.496 e. The van der Waals surface area contributed by atoms with Gasteiger partial charge in [0, 0.05) is 30.7 Å². The maximum atomic E-state index is 11.6. The second kappa shape index (κ2) is 5.64. The minimum absolute atomic E-state index is 0.0277. The van der Waals surface area contributed by atoms with Gasteiger partial charge in [0.2, 0.25) is 0 Å². The fourth-order valence-electron chi connectivity index (χ4n) is 1.89. The lowest BCUT2D eigenvalue weighted by Crippen LogP contribution is -2.06. The summed E-state index contributed by atoms with van der Waals surface area (Å²) in [6.45, 7) is 1.27. The summed E-state index contributed by atoms with van der Waals surface area (Å²) in [6, 6.07) is 4.52. The number of ether oxygens (including phenoxy) is 3. The summed E-state index contributed by atoms with van der Waals surface area (Å²) in [5, 5.41) is 0.578. The summed E-state index contributed by atoms with van der Waals surface area (Å²) in [4.78, 5) is 22.5. The van der Waals surface area contributed by atoms with E-state index in [4.69, 9.17) is 18.6 Å². The van der Waals surface area contributed by atoms with Crippen LogP contribution in [0, 0.1) is 0 Å². The van der Waals surface area contributed by atoms with Gasteiger partial charge < -0.3 is 18.6 Å². The molecule has 106 valence electrons. The number of methoxy groups -OCH3 is 2. The molecule has 0 saturated carbocycles. The molecule has 0 radical (unpaired) electrons. The first kappa shape index (κ1) is 13.9. The number of esters is 1. The Kier molecular flexibility index (Phi) is 3.93. The highest BCUT2D eigenvalue weighted by atomic mass is 16.5. The van der Waals surface area contributed by atoms with Gasteiger partial charge in [0.25, 0.3) is 0 Å². The van der Waals surface area contributed by atoms with E-state index in [0.29, 0.717) is 28.0 Å². The second-order valence-electron chi connectivity index (χ2n) is 4.07. The molecule has 0 spiro atoms. The summed E-state index contributed by atoms with van der Waals surface area (Å²) in [6.07, 6.45) is 0. The summed E-state index contributed by atoms with van der Waals surface area (Å²) in [7, 11) is 3.00. The van der Waals surface area contributed by atoms with Crippen molar-refractivity contribution in [2.75, 3.05) is 14.2 Å². The Labute approximate surface area is 114 Å². The van der Waals surface area contributed by atoms with Crippen molar-refractivity contribution < 1.29 is 23.4 Å². The van der Waals surface area contributed by atoms with Crippen LogP contribution in [-0.2, 0) is 16.1 Å². The van der Waals surface area contributed by atoms with Gasteiger partial charge in [-0.1, -0.05) is 0 Å². The van der Waals surface area contributed by atoms with Gasteiger partial charge in [-0.05, 0) is 0 Å². The van der Waals surface area contributed by atoms with Crippen molar-refractivity contribution in [2.45, 2.75) is 13.5 Å². The molecule has 1 aromatic heterocycles. The van der Waals surface area contributed by atoms with Gasteiger partial charge >= 0.3 is 11.6 Å². The molecule has 6 heteroatoms. The van der Waals surface area contributed by atoms with Gasteiger partial charge in [-0.15, -0.1) is 0 Å². The molecular weight excluding hydrogens is 264 g/mol. The van der Waals surface area contributed by atoms with E-state index in [2.05, 4.69) is 0 Å². The van der Waals surface area contributed by atoms with E-state index < -0.39 is 11.6 Å². The molecule has 0 aliphatic rings. The lowest BCUT2D eigenvalue weighted by Gasteiger charge is -2.11. The third kappa shape index (κ3) is 2.74. The fraction of sp³-hybridized carbons (Fsp3) is 0.286. The summed E-state index contributed by atoms with van der Waals surface area (Å²) < 4.78 is 20.5. The van der Waals surface area contributed by atoms with Gasteiger partial charge in [0.15, 0.2) is 0 Å². The zero-order valence-corrected chi connectivity index (χ0v) is 11.4. The maximum Gasteiger partial charge on any atom is 0.336 e. The van der Waals surface area contributed by atoms with Gasteiger partial charge in [-0.2, -0.15) is 0 Å². The van der Waals surface area contributed by atoms with Crippen LogP contribution < -0.4 is 15.1 Å². The van der Waals surface area contributed by atoms with E-state index in [1.165, 1.54) is 27.2 Å². The van der Waals surface area contributed by atoms with E-state index in [1.807, 2.05) is 0 Å². The normalized spacial score (nSPS) is 10.3. The molecule has 20 heavy (non-hydrogen) atoms. The molecule has 0 atom stereocenters. The maximum absolute atomic E-state index is 11.6. The van der Waals surface area contributed by atoms with E-state index in [1.54, 1.807) is 12.1 Å². The lowest BCUT2D eigenvalue weighted by molar-refractivity contribution is -0.142. The largest absolute Gasteiger partial charge is 0.496 e. The predicted octanol–water partition coefficient (Wildman–Crippen LogP) is 1.87. The van der Waals surface area contributed by atoms with Crippen molar-refractivity contribution in [1.82, 2.24) is 0 Å². The highest BCUT2D eigenvalue weighted by Crippen LogP contribution is 2.33. The Morgan fingerprint density at radius 2 is 1.95 bits per heavy atom. The van der Waals surface area contributed by atoms with Gasteiger partial charge in [-0.25, -0.2) is 4.79 Å². The predicted molar refractivity (Wildman–Crippen MR) is 71.1 cm³/mol. The van der Waals surface area contributed by atoms with Crippen LogP contribution in [0.2, 0.25) is 0 Å². The molecule has 1 aromatic carbocycles. The van der Waals surface area contributed by atoms with E-state index in [9.17, 15) is 9.59 Å². The number of carbonyl (C=O) groups excluding carboxylic acids is 1. The number of benzene rings is 1. The van der Waals surface area contributed by atoms with Crippen molar-refractivity contribution in [2.24, 2.45) is 0 Å². The average molecular weight is 278 g/mol. The third-order valence-corrected chi connectivity index (χ3v) is 2.75. The van der Waals surface area contributed by atoms with Crippen molar-refractivity contribution in [3.63, 3.8) is 0 Å². The number of rotatable bonds is 4. The third-order valence-electron chi connectivity index (χ3n) is 2.75. The van der Waals surface area contributed by atoms with E-state index >= 15 is 0 Å². The van der Waals surface area contributed by atoms with Crippen LogP contribution in [0.4, 0.5) is 0 Å². The van der Waals surface area contributed by atoms with Crippen molar-refractivity contribution in [3.05, 3.63) is 34.2 Å². The van der Waals surface area contributed by atoms with Crippen LogP contribution in [0.15, 0.2) is 27.4 Å². The van der Waals surface area contributed by atoms with Crippen molar-refractivity contribution in [1.29, 1.82) is 0 Å². The van der Waals surface area contributed by atoms with Gasteiger partial charge in [0.05, 0.1) is 19.6 Å². The molecule has 0 fully saturated rings. The SMILES string of the molecule is COc1cc(OC)c2c(COC(C)=O)cc(=O)oc2c1.